The maximum atomic E-state index is 9.53. The Hall–Kier alpha value is -2.09. The van der Waals surface area contributed by atoms with Crippen LogP contribution in [0.25, 0.3) is 11.3 Å². The Labute approximate surface area is 95.1 Å². The van der Waals surface area contributed by atoms with Crippen molar-refractivity contribution in [2.75, 3.05) is 0 Å². The lowest BCUT2D eigenvalue weighted by molar-refractivity contribution is -0.676. The van der Waals surface area contributed by atoms with E-state index in [0.717, 1.165) is 17.8 Å². The van der Waals surface area contributed by atoms with Crippen molar-refractivity contribution in [2.24, 2.45) is 0 Å². The number of aromatic nitrogens is 1. The van der Waals surface area contributed by atoms with Crippen molar-refractivity contribution >= 4 is 0 Å². The summed E-state index contributed by atoms with van der Waals surface area (Å²) >= 11 is 0. The van der Waals surface area contributed by atoms with Crippen molar-refractivity contribution < 1.29 is 9.67 Å². The molecule has 2 heteroatoms. The summed E-state index contributed by atoms with van der Waals surface area (Å²) in [5.74, 6) is 0.277. The van der Waals surface area contributed by atoms with Crippen LogP contribution in [0.2, 0.25) is 0 Å². The summed E-state index contributed by atoms with van der Waals surface area (Å²) in [6.45, 7) is 4.46. The van der Waals surface area contributed by atoms with Gasteiger partial charge in [0, 0.05) is 11.6 Å². The highest BCUT2D eigenvalue weighted by molar-refractivity contribution is 5.57. The van der Waals surface area contributed by atoms with Gasteiger partial charge >= 0.3 is 0 Å². The molecule has 2 nitrogen and oxygen atoms in total. The molecule has 1 aromatic carbocycles. The SMILES string of the molecule is C=CC[n+]1ccc(O)cc1-c1ccccc1. The minimum absolute atomic E-state index is 0.277. The molecule has 0 saturated heterocycles. The van der Waals surface area contributed by atoms with Crippen LogP contribution in [-0.4, -0.2) is 5.11 Å². The number of aromatic hydroxyl groups is 1. The molecule has 0 spiro atoms. The summed E-state index contributed by atoms with van der Waals surface area (Å²) in [5.41, 5.74) is 2.07. The molecule has 2 rings (SSSR count). The third-order valence-corrected chi connectivity index (χ3v) is 2.41. The predicted molar refractivity (Wildman–Crippen MR) is 63.9 cm³/mol. The fraction of sp³-hybridized carbons (Fsp3) is 0.0714. The normalized spacial score (nSPS) is 10.0. The summed E-state index contributed by atoms with van der Waals surface area (Å²) in [6, 6.07) is 13.4. The summed E-state index contributed by atoms with van der Waals surface area (Å²) < 4.78 is 2.04. The van der Waals surface area contributed by atoms with Gasteiger partial charge in [0.2, 0.25) is 5.69 Å². The van der Waals surface area contributed by atoms with E-state index in [9.17, 15) is 5.11 Å². The molecule has 16 heavy (non-hydrogen) atoms. The lowest BCUT2D eigenvalue weighted by Crippen LogP contribution is -2.34. The zero-order valence-corrected chi connectivity index (χ0v) is 9.00. The van der Waals surface area contributed by atoms with Crippen molar-refractivity contribution in [2.45, 2.75) is 6.54 Å². The first kappa shape index (κ1) is 10.4. The molecule has 0 unspecified atom stereocenters. The topological polar surface area (TPSA) is 24.1 Å². The molecular formula is C14H14NO+. The molecule has 2 aromatic rings. The average molecular weight is 212 g/mol. The van der Waals surface area contributed by atoms with E-state index >= 15 is 0 Å². The third kappa shape index (κ3) is 2.11. The zero-order valence-electron chi connectivity index (χ0n) is 9.00. The van der Waals surface area contributed by atoms with Crippen LogP contribution in [0.15, 0.2) is 61.3 Å². The molecule has 0 aliphatic carbocycles. The van der Waals surface area contributed by atoms with Gasteiger partial charge in [-0.05, 0) is 18.2 Å². The van der Waals surface area contributed by atoms with Crippen LogP contribution in [0.1, 0.15) is 0 Å². The number of hydrogen-bond acceptors (Lipinski definition) is 1. The van der Waals surface area contributed by atoms with Crippen molar-refractivity contribution in [1.29, 1.82) is 0 Å². The fourth-order valence-corrected chi connectivity index (χ4v) is 1.67. The van der Waals surface area contributed by atoms with Crippen LogP contribution in [0.4, 0.5) is 0 Å². The van der Waals surface area contributed by atoms with Crippen molar-refractivity contribution in [3.8, 4) is 17.0 Å². The molecule has 0 fully saturated rings. The Kier molecular flexibility index (Phi) is 3.01. The Morgan fingerprint density at radius 1 is 1.19 bits per heavy atom. The molecule has 0 radical (unpaired) electrons. The molecule has 1 heterocycles. The van der Waals surface area contributed by atoms with Crippen LogP contribution in [0.5, 0.6) is 5.75 Å². The molecule has 0 aliphatic rings. The predicted octanol–water partition coefficient (Wildman–Crippen LogP) is 2.53. The average Bonchev–Trinajstić information content (AvgIpc) is 2.33. The van der Waals surface area contributed by atoms with Crippen molar-refractivity contribution in [3.05, 3.63) is 61.3 Å². The molecule has 0 saturated carbocycles. The Morgan fingerprint density at radius 3 is 2.62 bits per heavy atom. The van der Waals surface area contributed by atoms with Crippen LogP contribution in [0, 0.1) is 0 Å². The summed E-state index contributed by atoms with van der Waals surface area (Å²) in [4.78, 5) is 0. The number of benzene rings is 1. The molecule has 0 bridgehead atoms. The van der Waals surface area contributed by atoms with E-state index in [4.69, 9.17) is 0 Å². The van der Waals surface area contributed by atoms with Crippen molar-refractivity contribution in [1.82, 2.24) is 0 Å². The van der Waals surface area contributed by atoms with Gasteiger partial charge in [0.05, 0.1) is 6.07 Å². The molecular weight excluding hydrogens is 198 g/mol. The number of pyridine rings is 1. The number of rotatable bonds is 3. The van der Waals surface area contributed by atoms with Gasteiger partial charge in [-0.1, -0.05) is 24.8 Å². The Bertz CT molecular complexity index is 491. The van der Waals surface area contributed by atoms with Gasteiger partial charge in [0.25, 0.3) is 0 Å². The third-order valence-electron chi connectivity index (χ3n) is 2.41. The standard InChI is InChI=1S/C14H13NO/c1-2-9-15-10-8-13(16)11-14(15)12-6-4-3-5-7-12/h2-8,10-11H,1,9H2/p+1. The van der Waals surface area contributed by atoms with Gasteiger partial charge in [-0.25, -0.2) is 0 Å². The summed E-state index contributed by atoms with van der Waals surface area (Å²) in [7, 11) is 0. The highest BCUT2D eigenvalue weighted by Gasteiger charge is 2.11. The molecule has 0 atom stereocenters. The van der Waals surface area contributed by atoms with E-state index in [1.807, 2.05) is 47.2 Å². The first-order valence-corrected chi connectivity index (χ1v) is 5.20. The van der Waals surface area contributed by atoms with E-state index in [-0.39, 0.29) is 5.75 Å². The second kappa shape index (κ2) is 4.62. The minimum atomic E-state index is 0.277. The maximum Gasteiger partial charge on any atom is 0.216 e. The highest BCUT2D eigenvalue weighted by Crippen LogP contribution is 2.18. The highest BCUT2D eigenvalue weighted by atomic mass is 16.3. The van der Waals surface area contributed by atoms with Crippen molar-refractivity contribution in [3.63, 3.8) is 0 Å². The maximum absolute atomic E-state index is 9.53. The number of hydrogen-bond donors (Lipinski definition) is 1. The quantitative estimate of drug-likeness (QED) is 0.613. The second-order valence-electron chi connectivity index (χ2n) is 3.58. The van der Waals surface area contributed by atoms with Gasteiger partial charge in [0.1, 0.15) is 5.75 Å². The van der Waals surface area contributed by atoms with Gasteiger partial charge in [0.15, 0.2) is 12.7 Å². The van der Waals surface area contributed by atoms with E-state index < -0.39 is 0 Å². The van der Waals surface area contributed by atoms with Crippen LogP contribution in [0.3, 0.4) is 0 Å². The largest absolute Gasteiger partial charge is 0.507 e. The molecule has 1 N–H and O–H groups in total. The van der Waals surface area contributed by atoms with E-state index in [0.29, 0.717) is 0 Å². The monoisotopic (exact) mass is 212 g/mol. The second-order valence-corrected chi connectivity index (χ2v) is 3.58. The fourth-order valence-electron chi connectivity index (χ4n) is 1.67. The Morgan fingerprint density at radius 2 is 1.94 bits per heavy atom. The van der Waals surface area contributed by atoms with Crippen LogP contribution >= 0.6 is 0 Å². The first-order valence-electron chi connectivity index (χ1n) is 5.20. The Balaban J connectivity index is 2.53. The molecule has 80 valence electrons. The van der Waals surface area contributed by atoms with E-state index in [2.05, 4.69) is 6.58 Å². The van der Waals surface area contributed by atoms with Crippen LogP contribution in [-0.2, 0) is 6.54 Å². The number of allylic oxidation sites excluding steroid dienone is 1. The van der Waals surface area contributed by atoms with Gasteiger partial charge < -0.3 is 5.11 Å². The zero-order chi connectivity index (χ0) is 11.4. The van der Waals surface area contributed by atoms with Gasteiger partial charge in [-0.15, -0.1) is 0 Å². The molecule has 0 aliphatic heterocycles. The summed E-state index contributed by atoms with van der Waals surface area (Å²) in [6.07, 6.45) is 3.70. The first-order chi connectivity index (χ1) is 7.81. The summed E-state index contributed by atoms with van der Waals surface area (Å²) in [5, 5.41) is 9.53. The molecule has 0 amide bonds. The van der Waals surface area contributed by atoms with Crippen LogP contribution < -0.4 is 4.57 Å². The van der Waals surface area contributed by atoms with E-state index in [1.54, 1.807) is 12.1 Å². The smallest absolute Gasteiger partial charge is 0.216 e. The lowest BCUT2D eigenvalue weighted by atomic mass is 10.1. The lowest BCUT2D eigenvalue weighted by Gasteiger charge is -2.02. The van der Waals surface area contributed by atoms with Gasteiger partial charge in [-0.2, -0.15) is 4.57 Å². The van der Waals surface area contributed by atoms with E-state index in [1.165, 1.54) is 0 Å². The molecule has 1 aromatic heterocycles. The van der Waals surface area contributed by atoms with Gasteiger partial charge in [-0.3, -0.25) is 0 Å². The minimum Gasteiger partial charge on any atom is -0.507 e. The number of nitrogens with zero attached hydrogens (tertiary/aromatic N) is 1.